The fraction of sp³-hybridized carbons (Fsp3) is 0.632. The summed E-state index contributed by atoms with van der Waals surface area (Å²) in [5.41, 5.74) is 2.35. The number of carbonyl (C=O) groups excluding carboxylic acids is 1. The molecule has 0 saturated carbocycles. The van der Waals surface area contributed by atoms with E-state index >= 15 is 0 Å². The molecule has 0 aliphatic carbocycles. The number of rotatable bonds is 5. The standard InChI is InChI=1S/C19H29N5O/c1-13(2)11-23-9-5-6-15(12-23)17-7-8-20-18-16(10-21-24(17)18)19(25)22-14(3)4/h7-8,10,13-15H,5-6,9,11-12H2,1-4H3,(H,22,25)/t15-/m0/s1. The van der Waals surface area contributed by atoms with Crippen molar-refractivity contribution in [3.63, 3.8) is 0 Å². The van der Waals surface area contributed by atoms with Gasteiger partial charge in [0.2, 0.25) is 0 Å². The Balaban J connectivity index is 1.87. The summed E-state index contributed by atoms with van der Waals surface area (Å²) in [6.07, 6.45) is 5.79. The zero-order chi connectivity index (χ0) is 18.0. The van der Waals surface area contributed by atoms with Gasteiger partial charge in [0.1, 0.15) is 5.56 Å². The Labute approximate surface area is 149 Å². The Morgan fingerprint density at radius 2 is 2.16 bits per heavy atom. The maximum Gasteiger partial charge on any atom is 0.256 e. The fourth-order valence-corrected chi connectivity index (χ4v) is 3.70. The van der Waals surface area contributed by atoms with Gasteiger partial charge in [0, 0.05) is 31.2 Å². The van der Waals surface area contributed by atoms with Crippen LogP contribution in [-0.4, -0.2) is 51.1 Å². The summed E-state index contributed by atoms with van der Waals surface area (Å²) in [7, 11) is 0. The average molecular weight is 343 g/mol. The van der Waals surface area contributed by atoms with Gasteiger partial charge in [-0.2, -0.15) is 5.10 Å². The van der Waals surface area contributed by atoms with E-state index in [2.05, 4.69) is 34.1 Å². The number of nitrogens with zero attached hydrogens (tertiary/aromatic N) is 4. The number of hydrogen-bond donors (Lipinski definition) is 1. The molecule has 0 spiro atoms. The highest BCUT2D eigenvalue weighted by Crippen LogP contribution is 2.27. The van der Waals surface area contributed by atoms with Gasteiger partial charge in [-0.25, -0.2) is 9.50 Å². The first-order valence-corrected chi connectivity index (χ1v) is 9.31. The fourth-order valence-electron chi connectivity index (χ4n) is 3.70. The van der Waals surface area contributed by atoms with E-state index in [4.69, 9.17) is 0 Å². The number of amides is 1. The Morgan fingerprint density at radius 1 is 1.36 bits per heavy atom. The van der Waals surface area contributed by atoms with Crippen LogP contribution in [0.25, 0.3) is 5.65 Å². The molecule has 2 aromatic rings. The van der Waals surface area contributed by atoms with Gasteiger partial charge < -0.3 is 10.2 Å². The van der Waals surface area contributed by atoms with Gasteiger partial charge in [-0.15, -0.1) is 0 Å². The average Bonchev–Trinajstić information content (AvgIpc) is 2.98. The van der Waals surface area contributed by atoms with E-state index in [-0.39, 0.29) is 11.9 Å². The van der Waals surface area contributed by atoms with Gasteiger partial charge in [0.25, 0.3) is 5.91 Å². The molecule has 1 saturated heterocycles. The monoisotopic (exact) mass is 343 g/mol. The second-order valence-electron chi connectivity index (χ2n) is 7.78. The van der Waals surface area contributed by atoms with Gasteiger partial charge in [-0.3, -0.25) is 4.79 Å². The maximum atomic E-state index is 12.4. The smallest absolute Gasteiger partial charge is 0.256 e. The van der Waals surface area contributed by atoms with Gasteiger partial charge in [-0.05, 0) is 45.2 Å². The van der Waals surface area contributed by atoms with Crippen LogP contribution in [0.5, 0.6) is 0 Å². The molecule has 0 unspecified atom stereocenters. The molecule has 2 aromatic heterocycles. The van der Waals surface area contributed by atoms with Crippen molar-refractivity contribution in [2.24, 2.45) is 5.92 Å². The summed E-state index contributed by atoms with van der Waals surface area (Å²) in [6, 6.07) is 2.14. The normalized spacial score (nSPS) is 19.0. The largest absolute Gasteiger partial charge is 0.350 e. The summed E-state index contributed by atoms with van der Waals surface area (Å²) >= 11 is 0. The Hall–Kier alpha value is -1.95. The second-order valence-corrected chi connectivity index (χ2v) is 7.78. The lowest BCUT2D eigenvalue weighted by Gasteiger charge is -2.33. The summed E-state index contributed by atoms with van der Waals surface area (Å²) in [5.74, 6) is 0.992. The summed E-state index contributed by atoms with van der Waals surface area (Å²) < 4.78 is 1.86. The molecular formula is C19H29N5O. The number of hydrogen-bond acceptors (Lipinski definition) is 4. The number of aromatic nitrogens is 3. The number of likely N-dealkylation sites (tertiary alicyclic amines) is 1. The lowest BCUT2D eigenvalue weighted by atomic mass is 9.94. The van der Waals surface area contributed by atoms with E-state index in [1.807, 2.05) is 24.4 Å². The van der Waals surface area contributed by atoms with E-state index in [1.165, 1.54) is 13.0 Å². The van der Waals surface area contributed by atoms with Crippen molar-refractivity contribution in [1.82, 2.24) is 24.8 Å². The topological polar surface area (TPSA) is 62.5 Å². The molecule has 6 nitrogen and oxygen atoms in total. The van der Waals surface area contributed by atoms with Crippen molar-refractivity contribution in [1.29, 1.82) is 0 Å². The lowest BCUT2D eigenvalue weighted by molar-refractivity contribution is 0.0944. The van der Waals surface area contributed by atoms with Gasteiger partial charge >= 0.3 is 0 Å². The lowest BCUT2D eigenvalue weighted by Crippen LogP contribution is -2.37. The molecule has 0 aromatic carbocycles. The van der Waals surface area contributed by atoms with Crippen LogP contribution < -0.4 is 5.32 Å². The predicted molar refractivity (Wildman–Crippen MR) is 98.8 cm³/mol. The molecule has 0 radical (unpaired) electrons. The van der Waals surface area contributed by atoms with Crippen molar-refractivity contribution >= 4 is 11.6 Å². The molecular weight excluding hydrogens is 314 g/mol. The summed E-state index contributed by atoms with van der Waals surface area (Å²) in [4.78, 5) is 19.3. The van der Waals surface area contributed by atoms with Crippen LogP contribution in [0.2, 0.25) is 0 Å². The maximum absolute atomic E-state index is 12.4. The number of nitrogens with one attached hydrogen (secondary N) is 1. The van der Waals surface area contributed by atoms with Crippen molar-refractivity contribution < 1.29 is 4.79 Å². The van der Waals surface area contributed by atoms with Crippen molar-refractivity contribution in [3.8, 4) is 0 Å². The zero-order valence-corrected chi connectivity index (χ0v) is 15.7. The van der Waals surface area contributed by atoms with E-state index in [9.17, 15) is 4.79 Å². The van der Waals surface area contributed by atoms with E-state index in [0.29, 0.717) is 23.0 Å². The third kappa shape index (κ3) is 4.00. The first-order valence-electron chi connectivity index (χ1n) is 9.31. The minimum atomic E-state index is -0.111. The molecule has 6 heteroatoms. The number of piperidine rings is 1. The van der Waals surface area contributed by atoms with E-state index in [1.54, 1.807) is 12.4 Å². The molecule has 1 N–H and O–H groups in total. The third-order valence-corrected chi connectivity index (χ3v) is 4.64. The molecule has 1 aliphatic rings. The molecule has 3 rings (SSSR count). The molecule has 25 heavy (non-hydrogen) atoms. The van der Waals surface area contributed by atoms with Gasteiger partial charge in [0.05, 0.1) is 11.9 Å². The van der Waals surface area contributed by atoms with Crippen LogP contribution >= 0.6 is 0 Å². The Morgan fingerprint density at radius 3 is 2.88 bits per heavy atom. The molecule has 3 heterocycles. The Bertz CT molecular complexity index is 736. The minimum absolute atomic E-state index is 0.0913. The van der Waals surface area contributed by atoms with Gasteiger partial charge in [-0.1, -0.05) is 13.8 Å². The molecule has 1 amide bonds. The molecule has 1 fully saturated rings. The van der Waals surface area contributed by atoms with E-state index in [0.717, 1.165) is 25.2 Å². The SMILES string of the molecule is CC(C)CN1CCC[C@H](c2ccnc3c(C(=O)NC(C)C)cnn23)C1. The van der Waals surface area contributed by atoms with Crippen molar-refractivity contribution in [2.75, 3.05) is 19.6 Å². The second kappa shape index (κ2) is 7.52. The molecule has 136 valence electrons. The van der Waals surface area contributed by atoms with Gasteiger partial charge in [0.15, 0.2) is 5.65 Å². The van der Waals surface area contributed by atoms with Crippen LogP contribution in [0.3, 0.4) is 0 Å². The quantitative estimate of drug-likeness (QED) is 0.907. The number of carbonyl (C=O) groups is 1. The highest BCUT2D eigenvalue weighted by molar-refractivity contribution is 5.99. The molecule has 1 aliphatic heterocycles. The Kier molecular flexibility index (Phi) is 5.37. The van der Waals surface area contributed by atoms with Crippen LogP contribution in [0.4, 0.5) is 0 Å². The number of fused-ring (bicyclic) bond motifs is 1. The predicted octanol–water partition coefficient (Wildman–Crippen LogP) is 2.70. The van der Waals surface area contributed by atoms with E-state index < -0.39 is 0 Å². The zero-order valence-electron chi connectivity index (χ0n) is 15.7. The first kappa shape index (κ1) is 17.9. The van der Waals surface area contributed by atoms with Crippen molar-refractivity contribution in [2.45, 2.75) is 52.5 Å². The van der Waals surface area contributed by atoms with Crippen LogP contribution in [0, 0.1) is 5.92 Å². The molecule has 0 bridgehead atoms. The first-order chi connectivity index (χ1) is 12.0. The third-order valence-electron chi connectivity index (χ3n) is 4.64. The van der Waals surface area contributed by atoms with Crippen LogP contribution in [-0.2, 0) is 0 Å². The molecule has 1 atom stereocenters. The highest BCUT2D eigenvalue weighted by atomic mass is 16.1. The van der Waals surface area contributed by atoms with Crippen molar-refractivity contribution in [3.05, 3.63) is 29.7 Å². The van der Waals surface area contributed by atoms with Crippen LogP contribution in [0.15, 0.2) is 18.5 Å². The highest BCUT2D eigenvalue weighted by Gasteiger charge is 2.25. The minimum Gasteiger partial charge on any atom is -0.350 e. The summed E-state index contributed by atoms with van der Waals surface area (Å²) in [6.45, 7) is 11.8. The van der Waals surface area contributed by atoms with Crippen LogP contribution in [0.1, 0.15) is 62.5 Å². The summed E-state index contributed by atoms with van der Waals surface area (Å²) in [5, 5.41) is 7.41.